The number of nitrogens with zero attached hydrogens (tertiary/aromatic N) is 8. The first-order chi connectivity index (χ1) is 39.9. The second kappa shape index (κ2) is 22.6. The summed E-state index contributed by atoms with van der Waals surface area (Å²) in [6, 6.07) is 6.45. The van der Waals surface area contributed by atoms with Crippen molar-refractivity contribution in [1.29, 1.82) is 0 Å². The molecule has 1 aromatic carbocycles. The Bertz CT molecular complexity index is 3000. The molecule has 8 atom stereocenters. The van der Waals surface area contributed by atoms with E-state index in [4.69, 9.17) is 14.5 Å². The third-order valence-corrected chi connectivity index (χ3v) is 20.5. The molecule has 6 bridgehead atoms. The lowest BCUT2D eigenvalue weighted by Gasteiger charge is -2.39. The first kappa shape index (κ1) is 57.0. The third kappa shape index (κ3) is 12.0. The minimum atomic E-state index is -4.58. The number of halogens is 3. The molecule has 13 rings (SSSR count). The van der Waals surface area contributed by atoms with Crippen LogP contribution in [-0.2, 0) is 41.6 Å². The molecule has 8 fully saturated rings. The molecule has 3 unspecified atom stereocenters. The van der Waals surface area contributed by atoms with E-state index in [9.17, 15) is 9.59 Å². The molecule has 83 heavy (non-hydrogen) atoms. The van der Waals surface area contributed by atoms with Gasteiger partial charge < -0.3 is 29.2 Å². The highest BCUT2D eigenvalue weighted by atomic mass is 19.4. The number of fused-ring (bicyclic) bond motifs is 6. The van der Waals surface area contributed by atoms with Crippen LogP contribution in [0.25, 0.3) is 27.7 Å². The summed E-state index contributed by atoms with van der Waals surface area (Å²) in [4.78, 5) is 75.0. The maximum Gasteiger partial charge on any atom is 0.406 e. The number of rotatable bonds is 12. The molecule has 450 valence electrons. The Morgan fingerprint density at radius 1 is 0.928 bits per heavy atom. The summed E-state index contributed by atoms with van der Waals surface area (Å²) in [6.07, 6.45) is 11.4. The van der Waals surface area contributed by atoms with Crippen LogP contribution in [0.1, 0.15) is 127 Å². The van der Waals surface area contributed by atoms with E-state index in [1.165, 1.54) is 35.3 Å². The Morgan fingerprint density at radius 3 is 2.46 bits per heavy atom. The van der Waals surface area contributed by atoms with E-state index in [1.807, 2.05) is 51.2 Å². The molecule has 17 nitrogen and oxygen atoms in total. The zero-order valence-electron chi connectivity index (χ0n) is 49.1. The van der Waals surface area contributed by atoms with Gasteiger partial charge in [0, 0.05) is 118 Å². The van der Waals surface area contributed by atoms with Crippen molar-refractivity contribution in [2.24, 2.45) is 22.7 Å². The fraction of sp³-hybridized carbons (Fsp3) is 0.698. The van der Waals surface area contributed by atoms with Crippen LogP contribution in [0.15, 0.2) is 36.5 Å². The Labute approximate surface area is 486 Å². The molecule has 9 heterocycles. The van der Waals surface area contributed by atoms with Gasteiger partial charge in [-0.25, -0.2) is 5.43 Å². The smallest absolute Gasteiger partial charge is 0.406 e. The second-order valence-electron chi connectivity index (χ2n) is 27.3. The minimum Gasteiger partial charge on any atom is -0.464 e. The van der Waals surface area contributed by atoms with Crippen molar-refractivity contribution in [3.8, 4) is 11.3 Å². The average molecular weight is 1150 g/mol. The van der Waals surface area contributed by atoms with E-state index < -0.39 is 48.3 Å². The first-order valence-electron chi connectivity index (χ1n) is 31.4. The van der Waals surface area contributed by atoms with E-state index in [-0.39, 0.29) is 54.7 Å². The number of esters is 1. The Morgan fingerprint density at radius 2 is 1.71 bits per heavy atom. The second-order valence-corrected chi connectivity index (χ2v) is 27.3. The summed E-state index contributed by atoms with van der Waals surface area (Å²) in [5.74, 6) is -0.00378. The van der Waals surface area contributed by atoms with Gasteiger partial charge in [0.25, 0.3) is 5.91 Å². The Balaban J connectivity index is 0.829. The summed E-state index contributed by atoms with van der Waals surface area (Å²) in [6.45, 7) is 12.4. The largest absolute Gasteiger partial charge is 0.464 e. The van der Waals surface area contributed by atoms with Crippen LogP contribution in [0.4, 0.5) is 18.9 Å². The van der Waals surface area contributed by atoms with E-state index in [1.54, 1.807) is 7.11 Å². The topological polar surface area (TPSA) is 170 Å². The number of hydrogen-bond donors (Lipinski definition) is 3. The molecule has 0 radical (unpaired) electrons. The maximum atomic E-state index is 15.3. The van der Waals surface area contributed by atoms with E-state index in [0.29, 0.717) is 96.9 Å². The molecule has 3 aliphatic carbocycles. The van der Waals surface area contributed by atoms with Gasteiger partial charge in [0.15, 0.2) is 0 Å². The summed E-state index contributed by atoms with van der Waals surface area (Å²) < 4.78 is 59.3. The number of amides is 3. The number of ether oxygens (including phenoxy) is 2. The number of pyridine rings is 1. The monoisotopic (exact) mass is 1150 g/mol. The molecule has 3 N–H and O–H groups in total. The molecule has 3 amide bonds. The van der Waals surface area contributed by atoms with Crippen molar-refractivity contribution in [3.05, 3.63) is 53.4 Å². The zero-order valence-corrected chi connectivity index (χ0v) is 49.1. The van der Waals surface area contributed by atoms with Crippen LogP contribution in [0.5, 0.6) is 0 Å². The standard InChI is InChI=1S/C63H86F3N11O6/c1-39(82-4)52-47(30-45(32-67-52)73-27-25-72(26-28-73)44-16-17-44)56-48-31-61(2,3)38-83-60(81)49-12-8-22-77(70-49)58(79)50(34-71-21-7-11-43(33-71)42-15-18-51(46(48)29-42)76(56)37-63(64,65)66)68-57(78)55(41-9-5-6-10-41)74-23-19-62(35-74)20-24-75(36-62)59(80)54-53(69-54)40-13-14-40/h11,15,18,29-30,32,39-41,44,49-50,53-55,69-70H,5-10,12-14,16-17,19-28,31,33-38H2,1-4H3,(H,68,78)/t39-,49-,50-,53?,54+,55?,62-/m0/s1. The van der Waals surface area contributed by atoms with Gasteiger partial charge in [-0.15, -0.1) is 0 Å². The van der Waals surface area contributed by atoms with Crippen LogP contribution in [0.2, 0.25) is 0 Å². The van der Waals surface area contributed by atoms with Gasteiger partial charge in [0.2, 0.25) is 11.8 Å². The van der Waals surface area contributed by atoms with Crippen LogP contribution in [0, 0.1) is 22.7 Å². The number of aromatic nitrogens is 2. The number of nitrogens with one attached hydrogen (secondary N) is 3. The SMILES string of the molecule is CO[C@@H](C)c1ncc(N2CCN(C3CC3)CC2)cc1-c1c2c3cc(ccc3n1CC(F)(F)F)C1=CCCN(C1)C[C@H](NC(=O)C(C1CCCC1)N1CC[C@]3(CCN(C(=O)[C@@H]4NC4C4CC4)C3)C1)C(=O)N1CCC[C@H](N1)C(=O)OCC(C)(C)C2. The van der Waals surface area contributed by atoms with Gasteiger partial charge in [-0.05, 0) is 137 Å². The fourth-order valence-electron chi connectivity index (χ4n) is 15.6. The number of piperazine rings is 1. The Hall–Kier alpha value is -5.12. The maximum absolute atomic E-state index is 15.3. The van der Waals surface area contributed by atoms with Crippen molar-refractivity contribution in [3.63, 3.8) is 0 Å². The lowest BCUT2D eigenvalue weighted by atomic mass is 9.84. The number of anilines is 1. The van der Waals surface area contributed by atoms with Crippen molar-refractivity contribution in [2.45, 2.75) is 166 Å². The molecule has 10 aliphatic rings. The van der Waals surface area contributed by atoms with E-state index >= 15 is 22.8 Å². The summed E-state index contributed by atoms with van der Waals surface area (Å²) in [5, 5.41) is 9.00. The minimum absolute atomic E-state index is 0.0417. The molecule has 20 heteroatoms. The van der Waals surface area contributed by atoms with Gasteiger partial charge in [0.1, 0.15) is 24.7 Å². The quantitative estimate of drug-likeness (QED) is 0.130. The summed E-state index contributed by atoms with van der Waals surface area (Å²) in [7, 11) is 1.59. The fourth-order valence-corrected chi connectivity index (χ4v) is 15.6. The number of hydrazine groups is 1. The van der Waals surface area contributed by atoms with Crippen LogP contribution >= 0.6 is 0 Å². The Kier molecular flexibility index (Phi) is 15.5. The predicted octanol–water partition coefficient (Wildman–Crippen LogP) is 6.69. The van der Waals surface area contributed by atoms with Crippen molar-refractivity contribution < 1.29 is 41.8 Å². The molecule has 2 aromatic heterocycles. The number of cyclic esters (lactones) is 1. The zero-order chi connectivity index (χ0) is 57.5. The average Bonchev–Trinajstić information content (AvgIpc) is 3.82. The molecule has 3 aromatic rings. The van der Waals surface area contributed by atoms with Gasteiger partial charge in [-0.1, -0.05) is 38.8 Å². The molecule has 7 aliphatic heterocycles. The lowest BCUT2D eigenvalue weighted by molar-refractivity contribution is -0.155. The lowest BCUT2D eigenvalue weighted by Crippen LogP contribution is -2.63. The number of likely N-dealkylation sites (tertiary alicyclic amines) is 2. The van der Waals surface area contributed by atoms with Gasteiger partial charge in [-0.2, -0.15) is 13.2 Å². The summed E-state index contributed by atoms with van der Waals surface area (Å²) in [5.41, 5.74) is 7.73. The first-order valence-corrected chi connectivity index (χ1v) is 31.4. The van der Waals surface area contributed by atoms with E-state index in [2.05, 4.69) is 46.6 Å². The van der Waals surface area contributed by atoms with Gasteiger partial charge >= 0.3 is 12.1 Å². The highest BCUT2D eigenvalue weighted by molar-refractivity contribution is 5.95. The molecule has 1 spiro atoms. The van der Waals surface area contributed by atoms with Crippen LogP contribution in [-0.4, -0.2) is 193 Å². The normalized spacial score (nSPS) is 30.2. The van der Waals surface area contributed by atoms with E-state index in [0.717, 1.165) is 101 Å². The van der Waals surface area contributed by atoms with Gasteiger partial charge in [0.05, 0.1) is 42.0 Å². The number of carbonyl (C=O) groups is 4. The van der Waals surface area contributed by atoms with Crippen LogP contribution < -0.4 is 21.0 Å². The van der Waals surface area contributed by atoms with Crippen molar-refractivity contribution >= 4 is 45.9 Å². The highest BCUT2D eigenvalue weighted by Gasteiger charge is 2.55. The highest BCUT2D eigenvalue weighted by Crippen LogP contribution is 2.47. The van der Waals surface area contributed by atoms with Gasteiger partial charge in [-0.3, -0.25) is 49.2 Å². The number of hydrogen-bond acceptors (Lipinski definition) is 13. The van der Waals surface area contributed by atoms with Crippen molar-refractivity contribution in [1.82, 2.24) is 50.2 Å². The third-order valence-electron chi connectivity index (χ3n) is 20.5. The predicted molar refractivity (Wildman–Crippen MR) is 310 cm³/mol. The molecule has 3 saturated carbocycles. The molecular formula is C63H86F3N11O6. The number of alkyl halides is 3. The number of benzene rings is 1. The summed E-state index contributed by atoms with van der Waals surface area (Å²) >= 11 is 0. The number of carbonyl (C=O) groups excluding carboxylic acids is 4. The number of methoxy groups -OCH3 is 1. The molecule has 5 saturated heterocycles. The van der Waals surface area contributed by atoms with Crippen LogP contribution in [0.3, 0.4) is 0 Å². The van der Waals surface area contributed by atoms with Crippen molar-refractivity contribution in [2.75, 3.05) is 97.2 Å². The molecular weight excluding hydrogens is 1060 g/mol.